The Hall–Kier alpha value is -12.7. The van der Waals surface area contributed by atoms with E-state index in [0.29, 0.717) is 98.8 Å². The number of aromatic nitrogens is 18. The molecule has 30 nitrogen and oxygen atoms in total. The van der Waals surface area contributed by atoms with Crippen LogP contribution in [-0.4, -0.2) is 184 Å². The van der Waals surface area contributed by atoms with Crippen molar-refractivity contribution in [3.63, 3.8) is 0 Å². The highest BCUT2D eigenvalue weighted by Gasteiger charge is 2.56. The average molecular weight is 1800 g/mol. The second kappa shape index (κ2) is 32.7. The molecule has 0 N–H and O–H groups in total. The van der Waals surface area contributed by atoms with Crippen LogP contribution in [0.1, 0.15) is 122 Å². The number of alkyl halides is 9. The van der Waals surface area contributed by atoms with Gasteiger partial charge in [-0.15, -0.1) is 15.3 Å². The fraction of sp³-hybridized carbons (Fsp3) is 0.296. The number of benzene rings is 3. The third kappa shape index (κ3) is 16.0. The van der Waals surface area contributed by atoms with Gasteiger partial charge in [0.05, 0.1) is 111 Å². The lowest BCUT2D eigenvalue weighted by Crippen LogP contribution is -2.53. The molecule has 0 saturated carbocycles. The third-order valence-corrected chi connectivity index (χ3v) is 28.2. The van der Waals surface area contributed by atoms with Crippen LogP contribution >= 0.6 is 0 Å². The molecule has 3 saturated heterocycles. The quantitative estimate of drug-likeness (QED) is 0.0569. The minimum atomic E-state index is -4.71. The molecule has 0 radical (unpaired) electrons. The van der Waals surface area contributed by atoms with Crippen LogP contribution in [0, 0.1) is 33.7 Å². The van der Waals surface area contributed by atoms with Gasteiger partial charge in [-0.05, 0) is 203 Å². The molecule has 0 unspecified atom stereocenters. The zero-order valence-electron chi connectivity index (χ0n) is 66.3. The Labute approximate surface area is 708 Å². The van der Waals surface area contributed by atoms with Crippen LogP contribution in [0.4, 0.5) is 52.7 Å². The molecule has 45 heteroatoms. The van der Waals surface area contributed by atoms with Gasteiger partial charge in [-0.25, -0.2) is 57.2 Å². The Morgan fingerprint density at radius 3 is 1.10 bits per heavy atom. The van der Waals surface area contributed by atoms with Crippen LogP contribution in [0.15, 0.2) is 197 Å². The number of aryl methyl sites for hydroxylation is 3. The topological polar surface area (TPSA) is 348 Å². The molecule has 3 aliphatic heterocycles. The monoisotopic (exact) mass is 1800 g/mol. The van der Waals surface area contributed by atoms with Gasteiger partial charge in [-0.2, -0.15) is 77.6 Å². The number of Topliss-reactive ketones (excluding diaryl/α,β-unsaturated/α-hetero) is 3. The lowest BCUT2D eigenvalue weighted by molar-refractivity contribution is -0.138. The number of hydrogen-bond acceptors (Lipinski definition) is 21. The van der Waals surface area contributed by atoms with E-state index in [9.17, 15) is 92.3 Å². The van der Waals surface area contributed by atoms with Crippen LogP contribution in [0.3, 0.4) is 0 Å². The Balaban J connectivity index is 0.000000139. The van der Waals surface area contributed by atoms with E-state index in [0.717, 1.165) is 62.1 Å². The number of sulfonamides is 3. The summed E-state index contributed by atoms with van der Waals surface area (Å²) in [5, 5.41) is 35.6. The number of carbonyl (C=O) groups is 3. The zero-order valence-corrected chi connectivity index (χ0v) is 68.7. The van der Waals surface area contributed by atoms with E-state index in [4.69, 9.17) is 0 Å². The Morgan fingerprint density at radius 2 is 0.778 bits per heavy atom. The minimum absolute atomic E-state index is 0.00177. The summed E-state index contributed by atoms with van der Waals surface area (Å²) in [4.78, 5) is 55.8. The smallest absolute Gasteiger partial charge is 0.291 e. The molecule has 12 aromatic rings. The van der Waals surface area contributed by atoms with Gasteiger partial charge >= 0.3 is 18.5 Å². The predicted molar refractivity (Wildman–Crippen MR) is 421 cm³/mol. The summed E-state index contributed by atoms with van der Waals surface area (Å²) >= 11 is 0. The Bertz CT molecular complexity index is 6500. The van der Waals surface area contributed by atoms with Crippen molar-refractivity contribution in [2.75, 3.05) is 39.3 Å². The summed E-state index contributed by atoms with van der Waals surface area (Å²) in [7, 11) is -12.6. The molecular weight excluding hydrogens is 1740 g/mol. The van der Waals surface area contributed by atoms with Gasteiger partial charge in [0.25, 0.3) is 30.1 Å². The number of halogens is 12. The van der Waals surface area contributed by atoms with E-state index in [1.807, 2.05) is 0 Å². The Morgan fingerprint density at radius 1 is 0.421 bits per heavy atom. The molecule has 18 rings (SSSR count). The number of pyridine rings is 3. The second-order valence-corrected chi connectivity index (χ2v) is 36.0. The maximum Gasteiger partial charge on any atom is 0.416 e. The van der Waals surface area contributed by atoms with Crippen molar-refractivity contribution in [2.45, 2.75) is 113 Å². The van der Waals surface area contributed by atoms with Crippen LogP contribution in [0.5, 0.6) is 0 Å². The normalized spacial score (nSPS) is 19.2. The summed E-state index contributed by atoms with van der Waals surface area (Å²) in [6.07, 6.45) is 2.08. The molecule has 3 aromatic carbocycles. The number of carbonyl (C=O) groups excluding carboxylic acids is 3. The Kier molecular flexibility index (Phi) is 22.5. The summed E-state index contributed by atoms with van der Waals surface area (Å²) < 4.78 is 255. The lowest BCUT2D eigenvalue weighted by Gasteiger charge is -2.44. The molecule has 6 aliphatic rings. The van der Waals surface area contributed by atoms with Crippen molar-refractivity contribution in [1.29, 1.82) is 0 Å². The highest BCUT2D eigenvalue weighted by Crippen LogP contribution is 2.52. The summed E-state index contributed by atoms with van der Waals surface area (Å²) in [5.41, 5.74) is -2.26. The molecule has 3 atom stereocenters. The van der Waals surface area contributed by atoms with Crippen LogP contribution in [0.25, 0.3) is 35.3 Å². The number of piperidine rings is 3. The number of nitrogens with zero attached hydrogens (tertiary/aromatic N) is 21. The minimum Gasteiger partial charge on any atom is -0.291 e. The number of fused-ring (bicyclic) bond motifs is 6. The van der Waals surface area contributed by atoms with Gasteiger partial charge in [0, 0.05) is 70.9 Å². The molecule has 0 amide bonds. The maximum atomic E-state index is 14.3. The van der Waals surface area contributed by atoms with Crippen molar-refractivity contribution in [2.24, 2.45) is 16.2 Å². The van der Waals surface area contributed by atoms with Crippen molar-refractivity contribution < 1.29 is 92.3 Å². The van der Waals surface area contributed by atoms with Crippen molar-refractivity contribution in [3.05, 3.63) is 267 Å². The highest BCUT2D eigenvalue weighted by molar-refractivity contribution is 7.89. The number of ketones is 3. The number of rotatable bonds is 18. The molecule has 3 aliphatic carbocycles. The van der Waals surface area contributed by atoms with E-state index in [2.05, 4.69) is 61.1 Å². The molecule has 3 fully saturated rings. The van der Waals surface area contributed by atoms with E-state index < -0.39 is 133 Å². The molecular formula is C81H69F12N21O9S3. The third-order valence-electron chi connectivity index (χ3n) is 23.0. The van der Waals surface area contributed by atoms with Crippen LogP contribution in [-0.2, 0) is 87.5 Å². The standard InChI is InChI=1S/3C27H23F4N7O3S/c1-2-37-24(15-33-35-37)42(40,41)36-10-8-18-12-23-17(14-34-38(23)21-5-3-20(28)4-6-21)13-26(18,16-36)25(39)22-11-19(7-9-32-22)27(29,30)31;1-2-37-33-15-24(35-37)42(40,41)36-10-8-18-12-23-17(14-34-38(23)21-5-3-20(28)4-6-21)13-26(18,16-36)25(39)22-11-19(7-9-32-22)27(29,30)31;1-2-36-15-24(34-35-36)42(40,41)37-10-8-18-12-23-17(14-33-38(23)21-5-3-20(28)4-6-21)13-26(18,16-37)25(39)22-11-19(7-9-32-22)27(29,30)31/h3*3-7,9,11-12,14-15H,2,8,10,13,16H2,1H3/t3*26-/m000/s1. The molecule has 126 heavy (non-hydrogen) atoms. The second-order valence-electron chi connectivity index (χ2n) is 30.3. The molecule has 9 aromatic heterocycles. The van der Waals surface area contributed by atoms with Crippen LogP contribution < -0.4 is 0 Å². The van der Waals surface area contributed by atoms with E-state index >= 15 is 0 Å². The van der Waals surface area contributed by atoms with Crippen molar-refractivity contribution in [1.82, 2.24) is 102 Å². The van der Waals surface area contributed by atoms with Gasteiger partial charge in [0.1, 0.15) is 34.5 Å². The van der Waals surface area contributed by atoms with Crippen molar-refractivity contribution >= 4 is 65.6 Å². The summed E-state index contributed by atoms with van der Waals surface area (Å²) in [6, 6.07) is 21.3. The fourth-order valence-corrected chi connectivity index (χ4v) is 20.9. The van der Waals surface area contributed by atoms with Crippen molar-refractivity contribution in [3.8, 4) is 17.1 Å². The van der Waals surface area contributed by atoms with E-state index in [1.165, 1.54) is 75.3 Å². The lowest BCUT2D eigenvalue weighted by atomic mass is 9.65. The van der Waals surface area contributed by atoms with Gasteiger partial charge in [-0.3, -0.25) is 34.0 Å². The number of hydrogen-bond donors (Lipinski definition) is 0. The molecule has 654 valence electrons. The molecule has 0 spiro atoms. The van der Waals surface area contributed by atoms with E-state index in [-0.39, 0.29) is 99.4 Å². The largest absolute Gasteiger partial charge is 0.416 e. The summed E-state index contributed by atoms with van der Waals surface area (Å²) in [6.45, 7) is 5.15. The average Bonchev–Trinajstić information content (AvgIpc) is 1.29. The summed E-state index contributed by atoms with van der Waals surface area (Å²) in [5.74, 6) is -3.49. The maximum absolute atomic E-state index is 14.3. The van der Waals surface area contributed by atoms with Gasteiger partial charge in [0.15, 0.2) is 22.4 Å². The first-order chi connectivity index (χ1) is 59.8. The van der Waals surface area contributed by atoms with Gasteiger partial charge in [-0.1, -0.05) is 27.1 Å². The van der Waals surface area contributed by atoms with Gasteiger partial charge in [0.2, 0.25) is 10.1 Å². The van der Waals surface area contributed by atoms with Crippen LogP contribution in [0.2, 0.25) is 0 Å². The van der Waals surface area contributed by atoms with Gasteiger partial charge < -0.3 is 0 Å². The predicted octanol–water partition coefficient (Wildman–Crippen LogP) is 11.8. The first-order valence-electron chi connectivity index (χ1n) is 38.8. The first-order valence-corrected chi connectivity index (χ1v) is 43.2. The molecule has 12 heterocycles. The fourth-order valence-electron chi connectivity index (χ4n) is 16.5. The highest BCUT2D eigenvalue weighted by atomic mass is 32.2. The van der Waals surface area contributed by atoms with E-state index in [1.54, 1.807) is 89.4 Å². The SMILES string of the molecule is CCn1cc(S(=O)(=O)N2CCC3=Cc4c(cnn4-c4ccc(F)cc4)C[C@]3(C(=O)c3cc(C(F)(F)F)ccn3)C2)nn1.CCn1ncc(S(=O)(=O)N2CCC3=Cc4c(cnn4-c4ccc(F)cc4)C[C@]3(C(=O)c3cc(C(F)(F)F)ccn3)C2)n1.CCn1nncc1S(=O)(=O)N1CCC2=Cc3c(cnn3-c3ccc(F)cc3)C[C@]2(C(=O)c2cc(C(F)(F)F)ccn2)C1. The first kappa shape index (κ1) is 86.8. The zero-order chi connectivity index (χ0) is 89.6. The molecule has 0 bridgehead atoms.